The van der Waals surface area contributed by atoms with Gasteiger partial charge in [0.25, 0.3) is 0 Å². The molecule has 1 aromatic carbocycles. The summed E-state index contributed by atoms with van der Waals surface area (Å²) in [5, 5.41) is 11.7. The Hall–Kier alpha value is -2.77. The highest BCUT2D eigenvalue weighted by Gasteiger charge is 2.32. The third-order valence-corrected chi connectivity index (χ3v) is 2.61. The average Bonchev–Trinajstić information content (AvgIpc) is 2.38. The Kier molecular flexibility index (Phi) is 3.70. The van der Waals surface area contributed by atoms with E-state index in [1.54, 1.807) is 0 Å². The number of nitrogen functional groups attached to an aromatic ring is 1. The van der Waals surface area contributed by atoms with Crippen LogP contribution in [-0.4, -0.2) is 16.1 Å². The predicted octanol–water partition coefficient (Wildman–Crippen LogP) is 3.12. The number of carboxylic acids is 1. The van der Waals surface area contributed by atoms with Crippen molar-refractivity contribution in [2.45, 2.75) is 6.18 Å². The first kappa shape index (κ1) is 14.6. The van der Waals surface area contributed by atoms with Gasteiger partial charge < -0.3 is 16.2 Å². The molecule has 2 aromatic rings. The number of aromatic carboxylic acids is 1. The van der Waals surface area contributed by atoms with Crippen LogP contribution in [-0.2, 0) is 6.18 Å². The van der Waals surface area contributed by atoms with Gasteiger partial charge in [-0.25, -0.2) is 9.78 Å². The third kappa shape index (κ3) is 3.41. The largest absolute Gasteiger partial charge is 0.478 e. The maximum Gasteiger partial charge on any atom is 0.433 e. The van der Waals surface area contributed by atoms with Gasteiger partial charge in [-0.3, -0.25) is 0 Å². The molecule has 110 valence electrons. The molecule has 0 fully saturated rings. The molecule has 0 spiro atoms. The summed E-state index contributed by atoms with van der Waals surface area (Å²) in [6.45, 7) is 0. The second-order valence-corrected chi connectivity index (χ2v) is 4.17. The Morgan fingerprint density at radius 3 is 2.48 bits per heavy atom. The molecule has 0 aliphatic heterocycles. The molecule has 0 amide bonds. The monoisotopic (exact) mass is 297 g/mol. The molecular formula is C13H10F3N3O2. The van der Waals surface area contributed by atoms with Gasteiger partial charge in [-0.05, 0) is 30.3 Å². The zero-order valence-corrected chi connectivity index (χ0v) is 10.5. The Morgan fingerprint density at radius 1 is 1.24 bits per heavy atom. The van der Waals surface area contributed by atoms with Crippen molar-refractivity contribution in [3.63, 3.8) is 0 Å². The van der Waals surface area contributed by atoms with Crippen molar-refractivity contribution < 1.29 is 23.1 Å². The number of hydrogen-bond donors (Lipinski definition) is 3. The van der Waals surface area contributed by atoms with Gasteiger partial charge in [0.1, 0.15) is 5.69 Å². The standard InChI is InChI=1S/C13H10F3N3O2/c14-13(15,16)11-4-2-8(6-18-11)19-10-5-7(17)1-3-9(10)12(20)21/h1-6,19H,17H2,(H,20,21). The summed E-state index contributed by atoms with van der Waals surface area (Å²) >= 11 is 0. The lowest BCUT2D eigenvalue weighted by atomic mass is 10.1. The van der Waals surface area contributed by atoms with Crippen LogP contribution in [0.5, 0.6) is 0 Å². The predicted molar refractivity (Wildman–Crippen MR) is 70.3 cm³/mol. The Bertz CT molecular complexity index is 669. The van der Waals surface area contributed by atoms with Crippen molar-refractivity contribution in [2.24, 2.45) is 0 Å². The van der Waals surface area contributed by atoms with E-state index in [0.29, 0.717) is 5.69 Å². The molecule has 0 atom stereocenters. The average molecular weight is 297 g/mol. The zero-order valence-electron chi connectivity index (χ0n) is 10.5. The number of carbonyl (C=O) groups is 1. The number of rotatable bonds is 3. The lowest BCUT2D eigenvalue weighted by Crippen LogP contribution is -2.08. The molecule has 5 nitrogen and oxygen atoms in total. The summed E-state index contributed by atoms with van der Waals surface area (Å²) < 4.78 is 37.2. The van der Waals surface area contributed by atoms with Gasteiger partial charge in [0.15, 0.2) is 0 Å². The number of pyridine rings is 1. The summed E-state index contributed by atoms with van der Waals surface area (Å²) in [6.07, 6.45) is -3.56. The van der Waals surface area contributed by atoms with Crippen LogP contribution in [0.2, 0.25) is 0 Å². The SMILES string of the molecule is Nc1ccc(C(=O)O)c(Nc2ccc(C(F)(F)F)nc2)c1. The van der Waals surface area contributed by atoms with Gasteiger partial charge in [0.2, 0.25) is 0 Å². The van der Waals surface area contributed by atoms with Gasteiger partial charge in [0, 0.05) is 5.69 Å². The van der Waals surface area contributed by atoms with Crippen LogP contribution in [0.1, 0.15) is 16.1 Å². The van der Waals surface area contributed by atoms with Crippen molar-refractivity contribution >= 4 is 23.0 Å². The lowest BCUT2D eigenvalue weighted by Gasteiger charge is -2.11. The maximum absolute atomic E-state index is 12.4. The highest BCUT2D eigenvalue weighted by atomic mass is 19.4. The van der Waals surface area contributed by atoms with Gasteiger partial charge in [-0.1, -0.05) is 0 Å². The van der Waals surface area contributed by atoms with Crippen molar-refractivity contribution in [2.75, 3.05) is 11.1 Å². The van der Waals surface area contributed by atoms with Crippen molar-refractivity contribution in [3.05, 3.63) is 47.8 Å². The number of anilines is 3. The summed E-state index contributed by atoms with van der Waals surface area (Å²) in [4.78, 5) is 14.3. The van der Waals surface area contributed by atoms with Crippen LogP contribution in [0.3, 0.4) is 0 Å². The van der Waals surface area contributed by atoms with E-state index in [9.17, 15) is 18.0 Å². The van der Waals surface area contributed by atoms with E-state index in [1.807, 2.05) is 0 Å². The van der Waals surface area contributed by atoms with Gasteiger partial charge in [-0.15, -0.1) is 0 Å². The second-order valence-electron chi connectivity index (χ2n) is 4.17. The molecule has 0 radical (unpaired) electrons. The molecule has 0 aliphatic carbocycles. The van der Waals surface area contributed by atoms with Crippen LogP contribution < -0.4 is 11.1 Å². The topological polar surface area (TPSA) is 88.2 Å². The van der Waals surface area contributed by atoms with E-state index in [1.165, 1.54) is 18.2 Å². The Balaban J connectivity index is 2.30. The normalized spacial score (nSPS) is 11.2. The van der Waals surface area contributed by atoms with Crippen LogP contribution in [0.4, 0.5) is 30.2 Å². The molecule has 2 rings (SSSR count). The molecule has 8 heteroatoms. The number of aromatic nitrogens is 1. The van der Waals surface area contributed by atoms with Crippen molar-refractivity contribution in [1.29, 1.82) is 0 Å². The first-order chi connectivity index (χ1) is 9.77. The molecule has 0 unspecified atom stereocenters. The number of hydrogen-bond acceptors (Lipinski definition) is 4. The minimum Gasteiger partial charge on any atom is -0.478 e. The molecule has 21 heavy (non-hydrogen) atoms. The minimum absolute atomic E-state index is 0.0518. The quantitative estimate of drug-likeness (QED) is 0.757. The van der Waals surface area contributed by atoms with E-state index in [2.05, 4.69) is 10.3 Å². The van der Waals surface area contributed by atoms with Crippen LogP contribution in [0, 0.1) is 0 Å². The number of alkyl halides is 3. The van der Waals surface area contributed by atoms with E-state index < -0.39 is 17.8 Å². The molecule has 1 heterocycles. The van der Waals surface area contributed by atoms with E-state index >= 15 is 0 Å². The Labute approximate surface area is 117 Å². The number of nitrogens with two attached hydrogens (primary N) is 1. The van der Waals surface area contributed by atoms with Gasteiger partial charge >= 0.3 is 12.1 Å². The Morgan fingerprint density at radius 2 is 1.95 bits per heavy atom. The molecule has 0 saturated carbocycles. The zero-order chi connectivity index (χ0) is 15.6. The lowest BCUT2D eigenvalue weighted by molar-refractivity contribution is -0.141. The molecule has 0 aliphatic rings. The molecule has 1 aromatic heterocycles. The molecule has 0 saturated heterocycles. The number of nitrogens with one attached hydrogen (secondary N) is 1. The second kappa shape index (κ2) is 5.31. The van der Waals surface area contributed by atoms with Gasteiger partial charge in [-0.2, -0.15) is 13.2 Å². The smallest absolute Gasteiger partial charge is 0.433 e. The fourth-order valence-corrected chi connectivity index (χ4v) is 1.64. The summed E-state index contributed by atoms with van der Waals surface area (Å²) in [5.41, 5.74) is 5.20. The van der Waals surface area contributed by atoms with E-state index in [4.69, 9.17) is 10.8 Å². The third-order valence-electron chi connectivity index (χ3n) is 2.61. The van der Waals surface area contributed by atoms with E-state index in [0.717, 1.165) is 18.3 Å². The summed E-state index contributed by atoms with van der Waals surface area (Å²) in [5.74, 6) is -1.18. The first-order valence-corrected chi connectivity index (χ1v) is 5.70. The number of benzene rings is 1. The minimum atomic E-state index is -4.53. The highest BCUT2D eigenvalue weighted by Crippen LogP contribution is 2.29. The van der Waals surface area contributed by atoms with Crippen LogP contribution in [0.15, 0.2) is 36.5 Å². The van der Waals surface area contributed by atoms with Crippen LogP contribution >= 0.6 is 0 Å². The highest BCUT2D eigenvalue weighted by molar-refractivity contribution is 5.96. The van der Waals surface area contributed by atoms with Crippen molar-refractivity contribution in [3.8, 4) is 0 Å². The molecule has 4 N–H and O–H groups in total. The number of nitrogens with zero attached hydrogens (tertiary/aromatic N) is 1. The van der Waals surface area contributed by atoms with Crippen LogP contribution in [0.25, 0.3) is 0 Å². The maximum atomic E-state index is 12.4. The summed E-state index contributed by atoms with van der Waals surface area (Å²) in [6, 6.07) is 6.05. The molecule has 0 bridgehead atoms. The van der Waals surface area contributed by atoms with Gasteiger partial charge in [0.05, 0.1) is 23.1 Å². The van der Waals surface area contributed by atoms with Crippen molar-refractivity contribution in [1.82, 2.24) is 4.98 Å². The number of carboxylic acid groups (broad SMARTS) is 1. The molecular weight excluding hydrogens is 287 g/mol. The van der Waals surface area contributed by atoms with E-state index in [-0.39, 0.29) is 16.9 Å². The number of halogens is 3. The fraction of sp³-hybridized carbons (Fsp3) is 0.0769. The first-order valence-electron chi connectivity index (χ1n) is 5.70. The summed E-state index contributed by atoms with van der Waals surface area (Å²) in [7, 11) is 0. The fourth-order valence-electron chi connectivity index (χ4n) is 1.64.